The van der Waals surface area contributed by atoms with Crippen LogP contribution < -0.4 is 4.74 Å². The molecule has 0 atom stereocenters. The van der Waals surface area contributed by atoms with E-state index in [1.165, 1.54) is 49.4 Å². The average molecular weight is 453 g/mol. The van der Waals surface area contributed by atoms with E-state index >= 15 is 0 Å². The van der Waals surface area contributed by atoms with Crippen LogP contribution in [0, 0.1) is 15.9 Å². The van der Waals surface area contributed by atoms with Gasteiger partial charge in [-0.05, 0) is 38.1 Å². The van der Waals surface area contributed by atoms with Crippen LogP contribution in [0.1, 0.15) is 12.8 Å². The van der Waals surface area contributed by atoms with Gasteiger partial charge >= 0.3 is 0 Å². The molecule has 0 spiro atoms. The average Bonchev–Trinajstić information content (AvgIpc) is 3.53. The van der Waals surface area contributed by atoms with Crippen LogP contribution in [-0.2, 0) is 6.54 Å². The maximum Gasteiger partial charge on any atom is 0.272 e. The zero-order valence-electron chi connectivity index (χ0n) is 17.1. The van der Waals surface area contributed by atoms with E-state index in [0.29, 0.717) is 5.75 Å². The SMILES string of the molecule is O=[N+]([O-])c1ccc(Oc2ccnc3cc(-c4cn(CCN5CCCC5)cn4)sc23)c(F)c1. The minimum absolute atomic E-state index is 0.0794. The van der Waals surface area contributed by atoms with Crippen molar-refractivity contribution in [3.05, 3.63) is 65.0 Å². The predicted molar refractivity (Wildman–Crippen MR) is 120 cm³/mol. The predicted octanol–water partition coefficient (Wildman–Crippen LogP) is 5.10. The number of aromatic nitrogens is 3. The standard InChI is InChI=1S/C22H20FN5O3S/c23-16-11-15(28(29)30)3-4-19(16)31-20-5-6-24-17-12-21(32-22(17)20)18-13-27(14-25-18)10-9-26-7-1-2-8-26/h3-6,11-14H,1-2,7-10H2. The van der Waals surface area contributed by atoms with Gasteiger partial charge in [-0.25, -0.2) is 9.37 Å². The van der Waals surface area contributed by atoms with Crippen LogP contribution in [-0.4, -0.2) is 44.0 Å². The fraction of sp³-hybridized carbons (Fsp3) is 0.273. The highest BCUT2D eigenvalue weighted by Gasteiger charge is 2.16. The molecule has 0 saturated carbocycles. The third-order valence-corrected chi connectivity index (χ3v) is 6.64. The highest BCUT2D eigenvalue weighted by Crippen LogP contribution is 2.39. The number of benzene rings is 1. The zero-order valence-corrected chi connectivity index (χ0v) is 17.9. The van der Waals surface area contributed by atoms with Crippen molar-refractivity contribution in [2.75, 3.05) is 19.6 Å². The number of non-ortho nitro benzene ring substituents is 1. The fourth-order valence-corrected chi connectivity index (χ4v) is 4.83. The molecule has 3 aromatic heterocycles. The molecule has 0 unspecified atom stereocenters. The summed E-state index contributed by atoms with van der Waals surface area (Å²) in [6.45, 7) is 4.25. The third-order valence-electron chi connectivity index (χ3n) is 5.48. The number of likely N-dealkylation sites (tertiary alicyclic amines) is 1. The Labute approximate surface area is 187 Å². The number of hydrogen-bond acceptors (Lipinski definition) is 7. The van der Waals surface area contributed by atoms with E-state index in [1.54, 1.807) is 12.3 Å². The summed E-state index contributed by atoms with van der Waals surface area (Å²) >= 11 is 1.46. The first kappa shape index (κ1) is 20.5. The number of thiophene rings is 1. The molecule has 0 N–H and O–H groups in total. The van der Waals surface area contributed by atoms with Crippen LogP contribution in [0.25, 0.3) is 20.8 Å². The number of halogens is 1. The first-order valence-electron chi connectivity index (χ1n) is 10.3. The van der Waals surface area contributed by atoms with Crippen molar-refractivity contribution in [2.24, 2.45) is 0 Å². The summed E-state index contributed by atoms with van der Waals surface area (Å²) < 4.78 is 22.9. The highest BCUT2D eigenvalue weighted by molar-refractivity contribution is 7.22. The van der Waals surface area contributed by atoms with Crippen LogP contribution in [0.4, 0.5) is 10.1 Å². The Hall–Kier alpha value is -3.37. The van der Waals surface area contributed by atoms with Gasteiger partial charge in [-0.2, -0.15) is 0 Å². The zero-order chi connectivity index (χ0) is 22.1. The van der Waals surface area contributed by atoms with Gasteiger partial charge in [0.2, 0.25) is 0 Å². The van der Waals surface area contributed by atoms with Crippen LogP contribution in [0.15, 0.2) is 49.1 Å². The van der Waals surface area contributed by atoms with Gasteiger partial charge < -0.3 is 14.2 Å². The number of fused-ring (bicyclic) bond motifs is 1. The number of nitro benzene ring substituents is 1. The quantitative estimate of drug-likeness (QED) is 0.286. The van der Waals surface area contributed by atoms with E-state index in [1.807, 2.05) is 18.6 Å². The molecule has 1 fully saturated rings. The van der Waals surface area contributed by atoms with E-state index < -0.39 is 10.7 Å². The summed E-state index contributed by atoms with van der Waals surface area (Å²) in [4.78, 5) is 22.5. The fourth-order valence-electron chi connectivity index (χ4n) is 3.80. The van der Waals surface area contributed by atoms with Crippen molar-refractivity contribution in [3.8, 4) is 22.1 Å². The molecular formula is C22H20FN5O3S. The molecule has 164 valence electrons. The van der Waals surface area contributed by atoms with E-state index in [2.05, 4.69) is 19.4 Å². The lowest BCUT2D eigenvalue weighted by molar-refractivity contribution is -0.385. The van der Waals surface area contributed by atoms with Gasteiger partial charge in [-0.3, -0.25) is 15.1 Å². The molecule has 0 bridgehead atoms. The number of imidazole rings is 1. The maximum absolute atomic E-state index is 14.3. The Morgan fingerprint density at radius 1 is 1.12 bits per heavy atom. The summed E-state index contributed by atoms with van der Waals surface area (Å²) in [5.41, 5.74) is 1.24. The molecular weight excluding hydrogens is 433 g/mol. The molecule has 0 amide bonds. The summed E-state index contributed by atoms with van der Waals surface area (Å²) in [6, 6.07) is 6.91. The topological polar surface area (TPSA) is 86.3 Å². The molecule has 4 aromatic rings. The van der Waals surface area contributed by atoms with Crippen molar-refractivity contribution < 1.29 is 14.1 Å². The Balaban J connectivity index is 1.37. The second-order valence-corrected chi connectivity index (χ2v) is 8.71. The van der Waals surface area contributed by atoms with Crippen LogP contribution in [0.5, 0.6) is 11.5 Å². The molecule has 4 heterocycles. The van der Waals surface area contributed by atoms with Crippen molar-refractivity contribution in [2.45, 2.75) is 19.4 Å². The minimum atomic E-state index is -0.794. The second-order valence-electron chi connectivity index (χ2n) is 7.65. The molecule has 5 rings (SSSR count). The Kier molecular flexibility index (Phi) is 5.54. The maximum atomic E-state index is 14.3. The number of ether oxygens (including phenoxy) is 1. The van der Waals surface area contributed by atoms with Gasteiger partial charge in [0.25, 0.3) is 5.69 Å². The molecule has 1 saturated heterocycles. The Morgan fingerprint density at radius 2 is 1.97 bits per heavy atom. The van der Waals surface area contributed by atoms with Gasteiger partial charge in [0.15, 0.2) is 11.6 Å². The van der Waals surface area contributed by atoms with Crippen LogP contribution in [0.2, 0.25) is 0 Å². The Bertz CT molecular complexity index is 1280. The number of pyridine rings is 1. The molecule has 10 heteroatoms. The Morgan fingerprint density at radius 3 is 2.75 bits per heavy atom. The van der Waals surface area contributed by atoms with E-state index in [0.717, 1.165) is 39.9 Å². The molecule has 0 radical (unpaired) electrons. The monoisotopic (exact) mass is 453 g/mol. The van der Waals surface area contributed by atoms with E-state index in [4.69, 9.17) is 4.74 Å². The normalized spacial score (nSPS) is 14.3. The first-order chi connectivity index (χ1) is 15.6. The molecule has 32 heavy (non-hydrogen) atoms. The lowest BCUT2D eigenvalue weighted by atomic mass is 10.3. The van der Waals surface area contributed by atoms with Crippen molar-refractivity contribution in [1.82, 2.24) is 19.4 Å². The van der Waals surface area contributed by atoms with E-state index in [9.17, 15) is 14.5 Å². The summed E-state index contributed by atoms with van der Waals surface area (Å²) in [6.07, 6.45) is 8.01. The van der Waals surface area contributed by atoms with Crippen molar-refractivity contribution in [1.29, 1.82) is 0 Å². The first-order valence-corrected chi connectivity index (χ1v) is 11.1. The molecule has 1 aliphatic rings. The lowest BCUT2D eigenvalue weighted by Crippen LogP contribution is -2.23. The highest BCUT2D eigenvalue weighted by atomic mass is 32.1. The van der Waals surface area contributed by atoms with Crippen LogP contribution >= 0.6 is 11.3 Å². The van der Waals surface area contributed by atoms with Crippen LogP contribution in [0.3, 0.4) is 0 Å². The number of nitrogens with zero attached hydrogens (tertiary/aromatic N) is 5. The van der Waals surface area contributed by atoms with Gasteiger partial charge in [0.1, 0.15) is 5.75 Å². The number of hydrogen-bond donors (Lipinski definition) is 0. The summed E-state index contributed by atoms with van der Waals surface area (Å²) in [5, 5.41) is 10.8. The smallest absolute Gasteiger partial charge is 0.272 e. The molecule has 1 aromatic carbocycles. The van der Waals surface area contributed by atoms with Gasteiger partial charge in [0.05, 0.1) is 38.1 Å². The summed E-state index contributed by atoms with van der Waals surface area (Å²) in [5.74, 6) is -0.436. The summed E-state index contributed by atoms with van der Waals surface area (Å²) in [7, 11) is 0. The molecule has 1 aliphatic heterocycles. The van der Waals surface area contributed by atoms with Crippen molar-refractivity contribution >= 4 is 27.2 Å². The minimum Gasteiger partial charge on any atom is -0.453 e. The number of rotatable bonds is 7. The molecule has 0 aliphatic carbocycles. The van der Waals surface area contributed by atoms with Gasteiger partial charge in [0, 0.05) is 37.6 Å². The van der Waals surface area contributed by atoms with Gasteiger partial charge in [-0.1, -0.05) is 0 Å². The van der Waals surface area contributed by atoms with Crippen molar-refractivity contribution in [3.63, 3.8) is 0 Å². The van der Waals surface area contributed by atoms with E-state index in [-0.39, 0.29) is 11.4 Å². The molecule has 8 nitrogen and oxygen atoms in total. The largest absolute Gasteiger partial charge is 0.453 e. The van der Waals surface area contributed by atoms with Gasteiger partial charge in [-0.15, -0.1) is 11.3 Å². The number of nitro groups is 1. The second kappa shape index (κ2) is 8.64. The third kappa shape index (κ3) is 4.19. The lowest BCUT2D eigenvalue weighted by Gasteiger charge is -2.14.